The van der Waals surface area contributed by atoms with Gasteiger partial charge in [0.2, 0.25) is 0 Å². The van der Waals surface area contributed by atoms with E-state index in [-0.39, 0.29) is 18.6 Å². The van der Waals surface area contributed by atoms with Crippen LogP contribution in [0, 0.1) is 0 Å². The van der Waals surface area contributed by atoms with Crippen molar-refractivity contribution in [2.75, 3.05) is 26.4 Å². The molecule has 3 saturated heterocycles. The van der Waals surface area contributed by atoms with Crippen molar-refractivity contribution in [2.45, 2.75) is 85.8 Å². The highest BCUT2D eigenvalue weighted by Crippen LogP contribution is 2.25. The lowest BCUT2D eigenvalue weighted by Gasteiger charge is -2.41. The van der Waals surface area contributed by atoms with Crippen LogP contribution in [-0.2, 0) is 18.9 Å². The van der Waals surface area contributed by atoms with Gasteiger partial charge in [0.15, 0.2) is 18.0 Å². The molecule has 0 saturated carbocycles. The van der Waals surface area contributed by atoms with Crippen LogP contribution < -0.4 is 5.43 Å². The standard InChI is InChI=1S/C15H10O2.C12H22O11.C6H12O5/c16-13-10-15(11-6-2-1-3-7-11)17-14-9-5-4-8-12(13)14;13-1-3-5(14)8(17)10(19)12(23-3)21-2-4-6(15)7(16)9(18)11(20)22-4;7-1-3-5(9)6(10)4(2-8)11-3/h1-10H;3-20H,1-2H2;3-10H,1-2H2/t;3?,4-,5+,6?,7+,8+,9-,10-,11+,12?;3-,4?,5-,6-/m.11/s1. The summed E-state index contributed by atoms with van der Waals surface area (Å²) in [6, 6.07) is 18.4. The van der Waals surface area contributed by atoms with Gasteiger partial charge in [-0.3, -0.25) is 4.79 Å². The summed E-state index contributed by atoms with van der Waals surface area (Å²) < 4.78 is 25.7. The molecule has 3 fully saturated rings. The average Bonchev–Trinajstić information content (AvgIpc) is 3.43. The summed E-state index contributed by atoms with van der Waals surface area (Å²) in [4.78, 5) is 11.9. The van der Waals surface area contributed by atoms with Gasteiger partial charge in [0.05, 0.1) is 31.8 Å². The van der Waals surface area contributed by atoms with E-state index in [0.29, 0.717) is 16.7 Å². The van der Waals surface area contributed by atoms with Crippen LogP contribution in [0.25, 0.3) is 22.3 Å². The van der Waals surface area contributed by atoms with Gasteiger partial charge >= 0.3 is 0 Å². The van der Waals surface area contributed by atoms with E-state index < -0.39 is 99.0 Å². The number of hydrogen-bond donors (Lipinski definition) is 12. The van der Waals surface area contributed by atoms with Gasteiger partial charge in [-0.15, -0.1) is 0 Å². The number of hydrogen-bond acceptors (Lipinski definition) is 18. The molecule has 0 radical (unpaired) electrons. The Morgan fingerprint density at radius 1 is 0.549 bits per heavy atom. The maximum atomic E-state index is 11.9. The summed E-state index contributed by atoms with van der Waals surface area (Å²) in [5, 5.41) is 112. The maximum Gasteiger partial charge on any atom is 0.193 e. The van der Waals surface area contributed by atoms with E-state index in [1.807, 2.05) is 48.5 Å². The van der Waals surface area contributed by atoms with Crippen LogP contribution in [0.5, 0.6) is 0 Å². The first kappa shape index (κ1) is 40.8. The number of rotatable bonds is 7. The maximum absolute atomic E-state index is 11.9. The van der Waals surface area contributed by atoms with Crippen molar-refractivity contribution in [3.8, 4) is 11.3 Å². The predicted octanol–water partition coefficient (Wildman–Crippen LogP) is -4.48. The Morgan fingerprint density at radius 2 is 1.06 bits per heavy atom. The van der Waals surface area contributed by atoms with E-state index in [4.69, 9.17) is 48.9 Å². The third kappa shape index (κ3) is 9.72. The van der Waals surface area contributed by atoms with Gasteiger partial charge in [-0.2, -0.15) is 0 Å². The minimum Gasteiger partial charge on any atom is -0.456 e. The van der Waals surface area contributed by atoms with Crippen molar-refractivity contribution >= 4 is 11.0 Å². The fraction of sp³-hybridized carbons (Fsp3) is 0.545. The van der Waals surface area contributed by atoms with Crippen LogP contribution in [0.4, 0.5) is 0 Å². The molecule has 18 heteroatoms. The normalized spacial score (nSPS) is 36.5. The van der Waals surface area contributed by atoms with Crippen LogP contribution in [0.3, 0.4) is 0 Å². The molecular weight excluding hydrogens is 684 g/mol. The van der Waals surface area contributed by atoms with Crippen LogP contribution in [0.1, 0.15) is 0 Å². The Morgan fingerprint density at radius 3 is 1.65 bits per heavy atom. The summed E-state index contributed by atoms with van der Waals surface area (Å²) in [6.45, 7) is -1.80. The van der Waals surface area contributed by atoms with Crippen molar-refractivity contribution in [1.29, 1.82) is 0 Å². The van der Waals surface area contributed by atoms with Gasteiger partial charge in [-0.25, -0.2) is 0 Å². The molecule has 2 aromatic carbocycles. The molecule has 0 spiro atoms. The SMILES string of the molecule is O=c1cc(-c2ccccc2)oc2ccccc12.OCC1OC(OC[C@H]2O[C@H](O)[C@H](O)[C@@H](O)C2O)[C@H](O)[C@@H](O)[C@H]1O.OCC1O[C@H](CO)[C@@H](O)[C@@H]1O. The van der Waals surface area contributed by atoms with Gasteiger partial charge in [0, 0.05) is 11.6 Å². The zero-order chi connectivity index (χ0) is 37.4. The van der Waals surface area contributed by atoms with E-state index >= 15 is 0 Å². The lowest BCUT2D eigenvalue weighted by atomic mass is 9.98. The molecule has 12 N–H and O–H groups in total. The number of ether oxygens (including phenoxy) is 4. The predicted molar refractivity (Wildman–Crippen MR) is 171 cm³/mol. The van der Waals surface area contributed by atoms with E-state index in [1.165, 1.54) is 6.07 Å². The van der Waals surface area contributed by atoms with Crippen molar-refractivity contribution in [1.82, 2.24) is 0 Å². The molecule has 51 heavy (non-hydrogen) atoms. The summed E-state index contributed by atoms with van der Waals surface area (Å²) in [6.07, 6.45) is -19.0. The summed E-state index contributed by atoms with van der Waals surface area (Å²) >= 11 is 0. The third-order valence-corrected chi connectivity index (χ3v) is 8.47. The van der Waals surface area contributed by atoms with Crippen LogP contribution in [-0.4, -0.2) is 174 Å². The molecule has 6 rings (SSSR count). The summed E-state index contributed by atoms with van der Waals surface area (Å²) in [5.41, 5.74) is 1.53. The second kappa shape index (κ2) is 18.7. The molecule has 1 aromatic heterocycles. The van der Waals surface area contributed by atoms with Crippen LogP contribution in [0.2, 0.25) is 0 Å². The molecule has 284 valence electrons. The summed E-state index contributed by atoms with van der Waals surface area (Å²) in [7, 11) is 0. The van der Waals surface area contributed by atoms with Gasteiger partial charge < -0.3 is 84.6 Å². The topological polar surface area (TPSA) is 310 Å². The molecule has 0 amide bonds. The second-order valence-corrected chi connectivity index (χ2v) is 12.0. The van der Waals surface area contributed by atoms with Gasteiger partial charge in [0.25, 0.3) is 0 Å². The first-order valence-corrected chi connectivity index (χ1v) is 15.9. The average molecular weight is 729 g/mol. The monoisotopic (exact) mass is 728 g/mol. The van der Waals surface area contributed by atoms with Crippen molar-refractivity contribution in [2.24, 2.45) is 0 Å². The Kier molecular flexibility index (Phi) is 14.9. The smallest absolute Gasteiger partial charge is 0.193 e. The van der Waals surface area contributed by atoms with E-state index in [2.05, 4.69) is 0 Å². The Hall–Kier alpha value is -2.99. The molecule has 4 unspecified atom stereocenters. The molecular formula is C33H44O18. The highest BCUT2D eigenvalue weighted by atomic mass is 16.7. The van der Waals surface area contributed by atoms with Gasteiger partial charge in [-0.05, 0) is 12.1 Å². The van der Waals surface area contributed by atoms with E-state index in [1.54, 1.807) is 6.07 Å². The first-order chi connectivity index (χ1) is 24.3. The highest BCUT2D eigenvalue weighted by molar-refractivity contribution is 5.78. The molecule has 3 aromatic rings. The zero-order valence-electron chi connectivity index (χ0n) is 27.0. The zero-order valence-corrected chi connectivity index (χ0v) is 27.0. The number of aliphatic hydroxyl groups excluding tert-OH is 12. The molecule has 18 nitrogen and oxygen atoms in total. The highest BCUT2D eigenvalue weighted by Gasteiger charge is 2.47. The van der Waals surface area contributed by atoms with Crippen molar-refractivity contribution in [3.63, 3.8) is 0 Å². The Bertz CT molecular complexity index is 1520. The number of aliphatic hydroxyl groups is 12. The summed E-state index contributed by atoms with van der Waals surface area (Å²) in [5.74, 6) is 0.606. The molecule has 14 atom stereocenters. The quantitative estimate of drug-likeness (QED) is 0.109. The van der Waals surface area contributed by atoms with E-state index in [0.717, 1.165) is 5.56 Å². The molecule has 0 bridgehead atoms. The van der Waals surface area contributed by atoms with Crippen molar-refractivity contribution < 1.29 is 84.6 Å². The van der Waals surface area contributed by atoms with Gasteiger partial charge in [0.1, 0.15) is 84.6 Å². The fourth-order valence-corrected chi connectivity index (χ4v) is 5.44. The molecule has 3 aliphatic heterocycles. The van der Waals surface area contributed by atoms with Crippen LogP contribution in [0.15, 0.2) is 69.9 Å². The number of para-hydroxylation sites is 1. The number of fused-ring (bicyclic) bond motifs is 1. The molecule has 4 heterocycles. The lowest BCUT2D eigenvalue weighted by molar-refractivity contribution is -0.325. The Labute approximate surface area is 290 Å². The second-order valence-electron chi connectivity index (χ2n) is 12.0. The van der Waals surface area contributed by atoms with Crippen molar-refractivity contribution in [3.05, 3.63) is 70.9 Å². The number of benzene rings is 2. The largest absolute Gasteiger partial charge is 0.456 e. The first-order valence-electron chi connectivity index (χ1n) is 15.9. The van der Waals surface area contributed by atoms with Crippen LogP contribution >= 0.6 is 0 Å². The lowest BCUT2D eigenvalue weighted by Crippen LogP contribution is -2.61. The Balaban J connectivity index is 0.000000183. The van der Waals surface area contributed by atoms with E-state index in [9.17, 15) is 40.5 Å². The van der Waals surface area contributed by atoms with Gasteiger partial charge in [-0.1, -0.05) is 42.5 Å². The minimum absolute atomic E-state index is 0.00861. The molecule has 3 aliphatic rings. The molecule has 0 aliphatic carbocycles. The minimum atomic E-state index is -1.74. The fourth-order valence-electron chi connectivity index (χ4n) is 5.44. The third-order valence-electron chi connectivity index (χ3n) is 8.47.